The van der Waals surface area contributed by atoms with Crippen LogP contribution in [0.4, 0.5) is 11.5 Å². The minimum absolute atomic E-state index is 0.375. The van der Waals surface area contributed by atoms with Crippen LogP contribution in [0, 0.1) is 0 Å². The summed E-state index contributed by atoms with van der Waals surface area (Å²) in [7, 11) is 1.33. The second-order valence-corrected chi connectivity index (χ2v) is 3.96. The topological polar surface area (TPSA) is 51.2 Å². The van der Waals surface area contributed by atoms with Crippen molar-refractivity contribution in [3.63, 3.8) is 0 Å². The van der Waals surface area contributed by atoms with Crippen molar-refractivity contribution in [2.45, 2.75) is 0 Å². The number of esters is 1. The first-order chi connectivity index (χ1) is 8.70. The summed E-state index contributed by atoms with van der Waals surface area (Å²) in [4.78, 5) is 15.7. The number of methoxy groups -OCH3 is 1. The Hall–Kier alpha value is -2.07. The SMILES string of the molecule is COC(=O)c1cccnc1Nc1cccc(Cl)c1. The molecule has 0 aliphatic rings. The zero-order valence-electron chi connectivity index (χ0n) is 9.68. The zero-order valence-corrected chi connectivity index (χ0v) is 10.4. The highest BCUT2D eigenvalue weighted by atomic mass is 35.5. The first kappa shape index (κ1) is 12.4. The van der Waals surface area contributed by atoms with E-state index in [1.807, 2.05) is 12.1 Å². The van der Waals surface area contributed by atoms with Crippen LogP contribution >= 0.6 is 11.6 Å². The van der Waals surface area contributed by atoms with Gasteiger partial charge in [-0.1, -0.05) is 17.7 Å². The van der Waals surface area contributed by atoms with E-state index in [1.54, 1.807) is 30.5 Å². The van der Waals surface area contributed by atoms with Gasteiger partial charge in [0.25, 0.3) is 0 Å². The van der Waals surface area contributed by atoms with Crippen molar-refractivity contribution in [3.05, 3.63) is 53.2 Å². The van der Waals surface area contributed by atoms with Gasteiger partial charge in [-0.25, -0.2) is 9.78 Å². The molecule has 0 aliphatic carbocycles. The summed E-state index contributed by atoms with van der Waals surface area (Å²) in [6, 6.07) is 10.5. The Bertz CT molecular complexity index is 572. The molecular weight excluding hydrogens is 252 g/mol. The van der Waals surface area contributed by atoms with E-state index in [9.17, 15) is 4.79 Å². The highest BCUT2D eigenvalue weighted by Crippen LogP contribution is 2.21. The number of aromatic nitrogens is 1. The minimum atomic E-state index is -0.437. The fourth-order valence-corrected chi connectivity index (χ4v) is 1.67. The molecule has 0 atom stereocenters. The fourth-order valence-electron chi connectivity index (χ4n) is 1.48. The number of benzene rings is 1. The number of anilines is 2. The Morgan fingerprint density at radius 2 is 2.17 bits per heavy atom. The van der Waals surface area contributed by atoms with E-state index in [0.29, 0.717) is 16.4 Å². The lowest BCUT2D eigenvalue weighted by Gasteiger charge is -2.09. The predicted molar refractivity (Wildman–Crippen MR) is 70.3 cm³/mol. The Balaban J connectivity index is 2.32. The fraction of sp³-hybridized carbons (Fsp3) is 0.0769. The van der Waals surface area contributed by atoms with Gasteiger partial charge in [-0.2, -0.15) is 0 Å². The Labute approximate surface area is 110 Å². The molecule has 0 aliphatic heterocycles. The summed E-state index contributed by atoms with van der Waals surface area (Å²) in [6.07, 6.45) is 1.60. The number of hydrogen-bond donors (Lipinski definition) is 1. The van der Waals surface area contributed by atoms with Crippen LogP contribution in [0.1, 0.15) is 10.4 Å². The average Bonchev–Trinajstić information content (AvgIpc) is 2.38. The lowest BCUT2D eigenvalue weighted by Crippen LogP contribution is -2.06. The molecule has 0 saturated carbocycles. The monoisotopic (exact) mass is 262 g/mol. The van der Waals surface area contributed by atoms with Gasteiger partial charge < -0.3 is 10.1 Å². The van der Waals surface area contributed by atoms with Gasteiger partial charge in [-0.05, 0) is 30.3 Å². The van der Waals surface area contributed by atoms with Gasteiger partial charge in [0.05, 0.1) is 7.11 Å². The highest BCUT2D eigenvalue weighted by molar-refractivity contribution is 6.30. The van der Waals surface area contributed by atoms with Gasteiger partial charge in [0.15, 0.2) is 0 Å². The maximum absolute atomic E-state index is 11.6. The van der Waals surface area contributed by atoms with Crippen LogP contribution < -0.4 is 5.32 Å². The van der Waals surface area contributed by atoms with Crippen molar-refractivity contribution in [2.24, 2.45) is 0 Å². The quantitative estimate of drug-likeness (QED) is 0.863. The molecule has 92 valence electrons. The lowest BCUT2D eigenvalue weighted by atomic mass is 10.2. The summed E-state index contributed by atoms with van der Waals surface area (Å²) in [5, 5.41) is 3.64. The maximum Gasteiger partial charge on any atom is 0.341 e. The van der Waals surface area contributed by atoms with Crippen molar-refractivity contribution < 1.29 is 9.53 Å². The molecule has 18 heavy (non-hydrogen) atoms. The summed E-state index contributed by atoms with van der Waals surface area (Å²) in [5.74, 6) is -0.000699. The van der Waals surface area contributed by atoms with Crippen molar-refractivity contribution in [1.82, 2.24) is 4.98 Å². The average molecular weight is 263 g/mol. The molecule has 1 aromatic heterocycles. The molecule has 0 spiro atoms. The molecule has 1 aromatic carbocycles. The van der Waals surface area contributed by atoms with E-state index in [4.69, 9.17) is 16.3 Å². The molecular formula is C13H11ClN2O2. The third-order valence-corrected chi connectivity index (χ3v) is 2.54. The summed E-state index contributed by atoms with van der Waals surface area (Å²) in [6.45, 7) is 0. The Kier molecular flexibility index (Phi) is 3.79. The van der Waals surface area contributed by atoms with Crippen molar-refractivity contribution >= 4 is 29.1 Å². The van der Waals surface area contributed by atoms with Gasteiger partial charge >= 0.3 is 5.97 Å². The number of carbonyl (C=O) groups is 1. The lowest BCUT2D eigenvalue weighted by molar-refractivity contribution is 0.0601. The van der Waals surface area contributed by atoms with Crippen molar-refractivity contribution in [1.29, 1.82) is 0 Å². The molecule has 0 radical (unpaired) electrons. The first-order valence-electron chi connectivity index (χ1n) is 5.26. The second kappa shape index (κ2) is 5.51. The molecule has 4 nitrogen and oxygen atoms in total. The zero-order chi connectivity index (χ0) is 13.0. The summed E-state index contributed by atoms with van der Waals surface area (Å²) in [5.41, 5.74) is 1.13. The van der Waals surface area contributed by atoms with Gasteiger partial charge in [0, 0.05) is 16.9 Å². The smallest absolute Gasteiger partial charge is 0.341 e. The van der Waals surface area contributed by atoms with Gasteiger partial charge in [0.2, 0.25) is 0 Å². The van der Waals surface area contributed by atoms with E-state index >= 15 is 0 Å². The van der Waals surface area contributed by atoms with Crippen LogP contribution in [0.15, 0.2) is 42.6 Å². The molecule has 0 fully saturated rings. The number of halogens is 1. The Morgan fingerprint density at radius 3 is 2.89 bits per heavy atom. The third-order valence-electron chi connectivity index (χ3n) is 2.30. The number of ether oxygens (including phenoxy) is 1. The standard InChI is InChI=1S/C13H11ClN2O2/c1-18-13(17)11-6-3-7-15-12(11)16-10-5-2-4-9(14)8-10/h2-8H,1H3,(H,15,16). The third kappa shape index (κ3) is 2.78. The van der Waals surface area contributed by atoms with E-state index in [-0.39, 0.29) is 0 Å². The minimum Gasteiger partial charge on any atom is -0.465 e. The van der Waals surface area contributed by atoms with Crippen molar-refractivity contribution in [3.8, 4) is 0 Å². The molecule has 2 rings (SSSR count). The molecule has 1 N–H and O–H groups in total. The van der Waals surface area contributed by atoms with E-state index in [1.165, 1.54) is 7.11 Å². The highest BCUT2D eigenvalue weighted by Gasteiger charge is 2.12. The molecule has 0 amide bonds. The van der Waals surface area contributed by atoms with Crippen LogP contribution in [0.25, 0.3) is 0 Å². The van der Waals surface area contributed by atoms with Gasteiger partial charge in [-0.15, -0.1) is 0 Å². The van der Waals surface area contributed by atoms with Crippen LogP contribution in [0.3, 0.4) is 0 Å². The van der Waals surface area contributed by atoms with Crippen molar-refractivity contribution in [2.75, 3.05) is 12.4 Å². The first-order valence-corrected chi connectivity index (χ1v) is 5.64. The van der Waals surface area contributed by atoms with E-state index in [0.717, 1.165) is 5.69 Å². The Morgan fingerprint density at radius 1 is 1.33 bits per heavy atom. The van der Waals surface area contributed by atoms with E-state index in [2.05, 4.69) is 10.3 Å². The molecule has 2 aromatic rings. The number of carbonyl (C=O) groups excluding carboxylic acids is 1. The van der Waals surface area contributed by atoms with Crippen LogP contribution in [-0.2, 0) is 4.74 Å². The van der Waals surface area contributed by atoms with Crippen LogP contribution in [0.5, 0.6) is 0 Å². The molecule has 0 bridgehead atoms. The van der Waals surface area contributed by atoms with E-state index < -0.39 is 5.97 Å². The number of rotatable bonds is 3. The largest absolute Gasteiger partial charge is 0.465 e. The van der Waals surface area contributed by atoms with Crippen LogP contribution in [0.2, 0.25) is 5.02 Å². The van der Waals surface area contributed by atoms with Crippen LogP contribution in [-0.4, -0.2) is 18.1 Å². The summed E-state index contributed by atoms with van der Waals surface area (Å²) < 4.78 is 4.69. The molecule has 1 heterocycles. The molecule has 0 unspecified atom stereocenters. The summed E-state index contributed by atoms with van der Waals surface area (Å²) >= 11 is 5.89. The number of hydrogen-bond acceptors (Lipinski definition) is 4. The van der Waals surface area contributed by atoms with Gasteiger partial charge in [0.1, 0.15) is 11.4 Å². The second-order valence-electron chi connectivity index (χ2n) is 3.53. The number of nitrogens with one attached hydrogen (secondary N) is 1. The normalized spacial score (nSPS) is 9.89. The molecule has 5 heteroatoms. The van der Waals surface area contributed by atoms with Gasteiger partial charge in [-0.3, -0.25) is 0 Å². The molecule has 0 saturated heterocycles. The maximum atomic E-state index is 11.6. The predicted octanol–water partition coefficient (Wildman–Crippen LogP) is 3.27. The number of nitrogens with zero attached hydrogens (tertiary/aromatic N) is 1. The number of pyridine rings is 1.